The third kappa shape index (κ3) is 3.00. The number of rotatable bonds is 5. The molecule has 3 aromatic heterocycles. The molecule has 0 amide bonds. The Kier molecular flexibility index (Phi) is 4.45. The number of hydrogen-bond acceptors (Lipinski definition) is 7. The van der Waals surface area contributed by atoms with Gasteiger partial charge >= 0.3 is 0 Å². The Labute approximate surface area is 164 Å². The number of imidazole rings is 1. The van der Waals surface area contributed by atoms with E-state index in [0.717, 1.165) is 26.9 Å². The van der Waals surface area contributed by atoms with Crippen LogP contribution in [0.25, 0.3) is 26.9 Å². The summed E-state index contributed by atoms with van der Waals surface area (Å²) in [6.07, 6.45) is 1.97. The van der Waals surface area contributed by atoms with Crippen molar-refractivity contribution in [1.82, 2.24) is 14.4 Å². The Hall–Kier alpha value is -2.71. The van der Waals surface area contributed by atoms with Gasteiger partial charge in [0.05, 0.1) is 30.5 Å². The van der Waals surface area contributed by atoms with Crippen LogP contribution in [0.3, 0.4) is 0 Å². The molecular formula is C19H17N3O3S2. The van der Waals surface area contributed by atoms with Crippen LogP contribution >= 0.6 is 22.7 Å². The molecule has 0 saturated carbocycles. The second-order valence-corrected chi connectivity index (χ2v) is 7.83. The number of thiazole rings is 2. The van der Waals surface area contributed by atoms with E-state index in [1.807, 2.05) is 35.0 Å². The van der Waals surface area contributed by atoms with E-state index in [2.05, 4.69) is 4.98 Å². The average molecular weight is 399 g/mol. The smallest absolute Gasteiger partial charge is 0.194 e. The molecule has 0 spiro atoms. The molecule has 0 atom stereocenters. The normalized spacial score (nSPS) is 11.1. The predicted octanol–water partition coefficient (Wildman–Crippen LogP) is 4.71. The van der Waals surface area contributed by atoms with Crippen molar-refractivity contribution in [1.29, 1.82) is 0 Å². The number of nitrogens with zero attached hydrogens (tertiary/aromatic N) is 3. The highest BCUT2D eigenvalue weighted by Crippen LogP contribution is 2.38. The van der Waals surface area contributed by atoms with E-state index in [-0.39, 0.29) is 5.78 Å². The van der Waals surface area contributed by atoms with Gasteiger partial charge in [0.15, 0.2) is 10.7 Å². The summed E-state index contributed by atoms with van der Waals surface area (Å²) in [5.74, 6) is 1.27. The molecule has 138 valence electrons. The Morgan fingerprint density at radius 1 is 1.11 bits per heavy atom. The molecule has 0 saturated heterocycles. The van der Waals surface area contributed by atoms with Crippen LogP contribution < -0.4 is 9.47 Å². The maximum absolute atomic E-state index is 12.3. The fourth-order valence-electron chi connectivity index (χ4n) is 2.95. The quantitative estimate of drug-likeness (QED) is 0.455. The van der Waals surface area contributed by atoms with Crippen molar-refractivity contribution in [2.45, 2.75) is 13.8 Å². The molecule has 8 heteroatoms. The number of aryl methyl sites for hydroxylation is 1. The third-order valence-corrected chi connectivity index (χ3v) is 6.13. The first-order chi connectivity index (χ1) is 13.0. The number of carbonyl (C=O) groups excluding carboxylic acids is 1. The van der Waals surface area contributed by atoms with Gasteiger partial charge in [-0.3, -0.25) is 9.20 Å². The second-order valence-electron chi connectivity index (χ2n) is 5.96. The Morgan fingerprint density at radius 3 is 2.44 bits per heavy atom. The molecule has 0 fully saturated rings. The molecular weight excluding hydrogens is 382 g/mol. The lowest BCUT2D eigenvalue weighted by Crippen LogP contribution is -1.94. The largest absolute Gasteiger partial charge is 0.497 e. The van der Waals surface area contributed by atoms with Gasteiger partial charge in [-0.15, -0.1) is 22.7 Å². The molecule has 4 rings (SSSR count). The summed E-state index contributed by atoms with van der Waals surface area (Å²) in [7, 11) is 3.19. The summed E-state index contributed by atoms with van der Waals surface area (Å²) >= 11 is 2.95. The van der Waals surface area contributed by atoms with Crippen LogP contribution in [0.15, 0.2) is 29.8 Å². The monoisotopic (exact) mass is 399 g/mol. The summed E-state index contributed by atoms with van der Waals surface area (Å²) in [4.78, 5) is 23.2. The third-order valence-electron chi connectivity index (χ3n) is 4.21. The molecule has 1 aromatic carbocycles. The van der Waals surface area contributed by atoms with E-state index in [1.165, 1.54) is 11.3 Å². The van der Waals surface area contributed by atoms with Gasteiger partial charge in [-0.25, -0.2) is 9.97 Å². The summed E-state index contributed by atoms with van der Waals surface area (Å²) in [5, 5.41) is 2.75. The van der Waals surface area contributed by atoms with Crippen LogP contribution in [0.5, 0.6) is 11.5 Å². The van der Waals surface area contributed by atoms with Crippen LogP contribution in [0.1, 0.15) is 22.3 Å². The number of carbonyl (C=O) groups is 1. The van der Waals surface area contributed by atoms with Crippen LogP contribution in [-0.2, 0) is 0 Å². The van der Waals surface area contributed by atoms with Crippen molar-refractivity contribution in [3.8, 4) is 33.5 Å². The van der Waals surface area contributed by atoms with E-state index in [0.29, 0.717) is 22.1 Å². The number of aromatic nitrogens is 3. The molecule has 0 aliphatic heterocycles. The molecule has 0 aliphatic carbocycles. The predicted molar refractivity (Wildman–Crippen MR) is 107 cm³/mol. The Morgan fingerprint density at radius 2 is 1.81 bits per heavy atom. The van der Waals surface area contributed by atoms with E-state index in [1.54, 1.807) is 38.5 Å². The lowest BCUT2D eigenvalue weighted by atomic mass is 10.1. The average Bonchev–Trinajstić information content (AvgIpc) is 3.35. The van der Waals surface area contributed by atoms with Gasteiger partial charge in [-0.05, 0) is 19.1 Å². The highest BCUT2D eigenvalue weighted by atomic mass is 32.1. The maximum Gasteiger partial charge on any atom is 0.194 e. The standard InChI is InChI=1S/C19H17N3O3S2/c1-10-16(22-5-6-26-19(22)20-10)18-21-15(17(27-18)11(2)23)12-7-13(24-3)9-14(8-12)25-4/h5-9H,1-4H3. The molecule has 6 nitrogen and oxygen atoms in total. The first kappa shape index (κ1) is 17.7. The summed E-state index contributed by atoms with van der Waals surface area (Å²) in [6.45, 7) is 3.51. The molecule has 0 bridgehead atoms. The highest BCUT2D eigenvalue weighted by Gasteiger charge is 2.22. The number of methoxy groups -OCH3 is 2. The number of ketones is 1. The lowest BCUT2D eigenvalue weighted by Gasteiger charge is -2.07. The molecule has 0 N–H and O–H groups in total. The molecule has 0 aliphatic rings. The van der Waals surface area contributed by atoms with Crippen LogP contribution in [0, 0.1) is 6.92 Å². The first-order valence-corrected chi connectivity index (χ1v) is 9.89. The SMILES string of the molecule is COc1cc(OC)cc(-c2nc(-c3c(C)nc4sccn34)sc2C(C)=O)c1. The first-order valence-electron chi connectivity index (χ1n) is 8.19. The lowest BCUT2D eigenvalue weighted by molar-refractivity contribution is 0.102. The van der Waals surface area contributed by atoms with Gasteiger partial charge in [0.2, 0.25) is 0 Å². The minimum Gasteiger partial charge on any atom is -0.497 e. The minimum atomic E-state index is -0.0285. The second kappa shape index (κ2) is 6.79. The van der Waals surface area contributed by atoms with Crippen molar-refractivity contribution in [2.24, 2.45) is 0 Å². The van der Waals surface area contributed by atoms with Gasteiger partial charge < -0.3 is 9.47 Å². The van der Waals surface area contributed by atoms with Gasteiger partial charge in [0.25, 0.3) is 0 Å². The van der Waals surface area contributed by atoms with Crippen molar-refractivity contribution in [3.63, 3.8) is 0 Å². The zero-order valence-electron chi connectivity index (χ0n) is 15.3. The molecule has 3 heterocycles. The Balaban J connectivity index is 1.94. The van der Waals surface area contributed by atoms with Crippen molar-refractivity contribution in [3.05, 3.63) is 40.3 Å². The van der Waals surface area contributed by atoms with Crippen LogP contribution in [-0.4, -0.2) is 34.4 Å². The molecule has 27 heavy (non-hydrogen) atoms. The van der Waals surface area contributed by atoms with Gasteiger partial charge in [0.1, 0.15) is 22.2 Å². The zero-order chi connectivity index (χ0) is 19.1. The maximum atomic E-state index is 12.3. The van der Waals surface area contributed by atoms with E-state index in [4.69, 9.17) is 14.5 Å². The topological polar surface area (TPSA) is 65.7 Å². The summed E-state index contributed by atoms with van der Waals surface area (Å²) in [5.41, 5.74) is 3.22. The summed E-state index contributed by atoms with van der Waals surface area (Å²) < 4.78 is 12.7. The fraction of sp³-hybridized carbons (Fsp3) is 0.211. The summed E-state index contributed by atoms with van der Waals surface area (Å²) in [6, 6.07) is 5.51. The number of benzene rings is 1. The number of hydrogen-bond donors (Lipinski definition) is 0. The Bertz CT molecular complexity index is 1130. The van der Waals surface area contributed by atoms with E-state index < -0.39 is 0 Å². The number of fused-ring (bicyclic) bond motifs is 1. The van der Waals surface area contributed by atoms with E-state index in [9.17, 15) is 4.79 Å². The van der Waals surface area contributed by atoms with E-state index >= 15 is 0 Å². The minimum absolute atomic E-state index is 0.0285. The molecule has 4 aromatic rings. The molecule has 0 radical (unpaired) electrons. The fourth-order valence-corrected chi connectivity index (χ4v) is 4.79. The van der Waals surface area contributed by atoms with Gasteiger partial charge in [-0.1, -0.05) is 0 Å². The zero-order valence-corrected chi connectivity index (χ0v) is 16.9. The van der Waals surface area contributed by atoms with Gasteiger partial charge in [-0.2, -0.15) is 0 Å². The van der Waals surface area contributed by atoms with Crippen LogP contribution in [0.4, 0.5) is 0 Å². The van der Waals surface area contributed by atoms with Crippen molar-refractivity contribution >= 4 is 33.4 Å². The number of ether oxygens (including phenoxy) is 2. The number of Topliss-reactive ketones (excluding diaryl/α,β-unsaturated/α-hetero) is 1. The van der Waals surface area contributed by atoms with Crippen LogP contribution in [0.2, 0.25) is 0 Å². The molecule has 0 unspecified atom stereocenters. The van der Waals surface area contributed by atoms with Crippen molar-refractivity contribution in [2.75, 3.05) is 14.2 Å². The highest BCUT2D eigenvalue weighted by molar-refractivity contribution is 7.17. The van der Waals surface area contributed by atoms with Crippen molar-refractivity contribution < 1.29 is 14.3 Å². The van der Waals surface area contributed by atoms with Gasteiger partial charge in [0, 0.05) is 30.1 Å².